The summed E-state index contributed by atoms with van der Waals surface area (Å²) in [4.78, 5) is 31.3. The molecule has 4 rings (SSSR count). The Bertz CT molecular complexity index is 877. The smallest absolute Gasteiger partial charge is 0.333 e. The van der Waals surface area contributed by atoms with E-state index in [2.05, 4.69) is 22.4 Å². The van der Waals surface area contributed by atoms with Crippen molar-refractivity contribution in [1.82, 2.24) is 19.8 Å². The molecule has 1 aromatic heterocycles. The number of nitrogens with one attached hydrogen (secondary N) is 1. The van der Waals surface area contributed by atoms with E-state index in [-0.39, 0.29) is 24.2 Å². The number of carbonyl (C=O) groups is 1. The molecule has 2 fully saturated rings. The average molecular weight is 352 g/mol. The number of hydrogen-bond donors (Lipinski definition) is 1. The van der Waals surface area contributed by atoms with Gasteiger partial charge in [-0.15, -0.1) is 0 Å². The number of hydrogen-bond acceptors (Lipinski definition) is 4. The predicted octanol–water partition coefficient (Wildman–Crippen LogP) is 1.28. The maximum absolute atomic E-state index is 13.1. The molecule has 1 aromatic carbocycles. The van der Waals surface area contributed by atoms with Crippen molar-refractivity contribution >= 4 is 5.91 Å². The van der Waals surface area contributed by atoms with Crippen molar-refractivity contribution in [2.24, 2.45) is 11.8 Å². The summed E-state index contributed by atoms with van der Waals surface area (Å²) < 4.78 is 1.48. The van der Waals surface area contributed by atoms with Crippen LogP contribution in [0.1, 0.15) is 23.0 Å². The van der Waals surface area contributed by atoms with E-state index in [1.165, 1.54) is 10.1 Å². The topological polar surface area (TPSA) is 67.2 Å². The second kappa shape index (κ2) is 6.68. The molecule has 2 saturated heterocycles. The van der Waals surface area contributed by atoms with Gasteiger partial charge in [0.05, 0.1) is 6.04 Å². The minimum Gasteiger partial charge on any atom is -0.333 e. The SMILES string of the molecule is Cc1cc(C)n(CC(=O)N2C[C@@H]3CNC[C@@H]3[C@H]2c2ccccc2)c(=O)n1. The normalized spacial score (nSPS) is 24.7. The lowest BCUT2D eigenvalue weighted by Gasteiger charge is -2.29. The summed E-state index contributed by atoms with van der Waals surface area (Å²) in [5, 5.41) is 3.45. The van der Waals surface area contributed by atoms with Gasteiger partial charge in [0.25, 0.3) is 0 Å². The van der Waals surface area contributed by atoms with E-state index in [4.69, 9.17) is 0 Å². The molecule has 6 heteroatoms. The van der Waals surface area contributed by atoms with E-state index >= 15 is 0 Å². The molecule has 3 heterocycles. The first-order valence-electron chi connectivity index (χ1n) is 9.15. The average Bonchev–Trinajstić information content (AvgIpc) is 3.19. The van der Waals surface area contributed by atoms with Gasteiger partial charge in [-0.3, -0.25) is 9.36 Å². The summed E-state index contributed by atoms with van der Waals surface area (Å²) in [5.41, 5.74) is 2.27. The van der Waals surface area contributed by atoms with Crippen LogP contribution in [0, 0.1) is 25.7 Å². The van der Waals surface area contributed by atoms with Crippen molar-refractivity contribution in [1.29, 1.82) is 0 Å². The number of likely N-dealkylation sites (tertiary alicyclic amines) is 1. The van der Waals surface area contributed by atoms with Gasteiger partial charge < -0.3 is 10.2 Å². The number of fused-ring (bicyclic) bond motifs is 1. The number of aryl methyl sites for hydroxylation is 2. The van der Waals surface area contributed by atoms with Crippen LogP contribution in [-0.4, -0.2) is 40.0 Å². The Labute approximate surface area is 152 Å². The quantitative estimate of drug-likeness (QED) is 0.904. The van der Waals surface area contributed by atoms with E-state index in [1.54, 1.807) is 6.92 Å². The van der Waals surface area contributed by atoms with E-state index < -0.39 is 0 Å². The fourth-order valence-corrected chi connectivity index (χ4v) is 4.45. The van der Waals surface area contributed by atoms with Crippen LogP contribution in [0.5, 0.6) is 0 Å². The second-order valence-electron chi connectivity index (χ2n) is 7.39. The summed E-state index contributed by atoms with van der Waals surface area (Å²) in [6.07, 6.45) is 0. The molecule has 2 aromatic rings. The lowest BCUT2D eigenvalue weighted by Crippen LogP contribution is -2.39. The number of amides is 1. The Balaban J connectivity index is 1.63. The van der Waals surface area contributed by atoms with Gasteiger partial charge in [-0.2, -0.15) is 4.98 Å². The van der Waals surface area contributed by atoms with Crippen LogP contribution in [-0.2, 0) is 11.3 Å². The number of aromatic nitrogens is 2. The minimum absolute atomic E-state index is 0.0101. The Kier molecular flexibility index (Phi) is 4.36. The van der Waals surface area contributed by atoms with Gasteiger partial charge in [-0.05, 0) is 31.4 Å². The molecule has 0 spiro atoms. The molecule has 1 N–H and O–H groups in total. The van der Waals surface area contributed by atoms with Crippen LogP contribution in [0.25, 0.3) is 0 Å². The van der Waals surface area contributed by atoms with Gasteiger partial charge in [0.15, 0.2) is 0 Å². The monoisotopic (exact) mass is 352 g/mol. The van der Waals surface area contributed by atoms with Gasteiger partial charge in [0.1, 0.15) is 6.54 Å². The first-order valence-corrected chi connectivity index (χ1v) is 9.15. The Morgan fingerprint density at radius 2 is 2.00 bits per heavy atom. The molecular formula is C20H24N4O2. The van der Waals surface area contributed by atoms with Crippen molar-refractivity contribution in [2.45, 2.75) is 26.4 Å². The van der Waals surface area contributed by atoms with E-state index in [0.717, 1.165) is 25.3 Å². The molecule has 0 saturated carbocycles. The van der Waals surface area contributed by atoms with Gasteiger partial charge in [0, 0.05) is 36.9 Å². The van der Waals surface area contributed by atoms with Crippen LogP contribution in [0.2, 0.25) is 0 Å². The Morgan fingerprint density at radius 1 is 1.23 bits per heavy atom. The molecule has 0 radical (unpaired) electrons. The largest absolute Gasteiger partial charge is 0.348 e. The zero-order valence-corrected chi connectivity index (χ0v) is 15.2. The van der Waals surface area contributed by atoms with E-state index in [0.29, 0.717) is 17.5 Å². The van der Waals surface area contributed by atoms with E-state index in [9.17, 15) is 9.59 Å². The summed E-state index contributed by atoms with van der Waals surface area (Å²) >= 11 is 0. The number of carbonyl (C=O) groups excluding carboxylic acids is 1. The molecule has 2 aliphatic rings. The number of nitrogens with zero attached hydrogens (tertiary/aromatic N) is 3. The van der Waals surface area contributed by atoms with Crippen molar-refractivity contribution in [3.63, 3.8) is 0 Å². The molecule has 6 nitrogen and oxygen atoms in total. The van der Waals surface area contributed by atoms with Crippen LogP contribution in [0.4, 0.5) is 0 Å². The highest BCUT2D eigenvalue weighted by molar-refractivity contribution is 5.77. The van der Waals surface area contributed by atoms with Gasteiger partial charge in [0.2, 0.25) is 5.91 Å². The highest BCUT2D eigenvalue weighted by Gasteiger charge is 2.46. The zero-order valence-electron chi connectivity index (χ0n) is 15.2. The second-order valence-corrected chi connectivity index (χ2v) is 7.39. The third-order valence-corrected chi connectivity index (χ3v) is 5.67. The first kappa shape index (κ1) is 17.0. The number of benzene rings is 1. The zero-order chi connectivity index (χ0) is 18.3. The maximum atomic E-state index is 13.1. The van der Waals surface area contributed by atoms with Crippen LogP contribution < -0.4 is 11.0 Å². The molecule has 0 bridgehead atoms. The molecule has 2 aliphatic heterocycles. The fourth-order valence-electron chi connectivity index (χ4n) is 4.45. The molecule has 136 valence electrons. The molecule has 26 heavy (non-hydrogen) atoms. The van der Waals surface area contributed by atoms with Gasteiger partial charge in [-0.1, -0.05) is 30.3 Å². The fraction of sp³-hybridized carbons (Fsp3) is 0.450. The van der Waals surface area contributed by atoms with Crippen LogP contribution in [0.3, 0.4) is 0 Å². The van der Waals surface area contributed by atoms with Crippen LogP contribution >= 0.6 is 0 Å². The lowest BCUT2D eigenvalue weighted by molar-refractivity contribution is -0.133. The summed E-state index contributed by atoms with van der Waals surface area (Å²) in [6.45, 7) is 6.31. The maximum Gasteiger partial charge on any atom is 0.348 e. The van der Waals surface area contributed by atoms with Crippen molar-refractivity contribution in [3.05, 3.63) is 63.8 Å². The third kappa shape index (κ3) is 2.94. The predicted molar refractivity (Wildman–Crippen MR) is 98.7 cm³/mol. The van der Waals surface area contributed by atoms with Crippen LogP contribution in [0.15, 0.2) is 41.2 Å². The standard InChI is InChI=1S/C20H24N4O2/c1-13-8-14(2)23(20(26)22-13)12-18(25)24-11-16-9-21-10-17(16)19(24)15-6-4-3-5-7-15/h3-8,16-17,19,21H,9-12H2,1-2H3/t16-,17-,19+/m0/s1. The molecule has 0 unspecified atom stereocenters. The Morgan fingerprint density at radius 3 is 2.73 bits per heavy atom. The van der Waals surface area contributed by atoms with Gasteiger partial charge in [-0.25, -0.2) is 4.79 Å². The summed E-state index contributed by atoms with van der Waals surface area (Å²) in [6, 6.07) is 12.1. The minimum atomic E-state index is -0.354. The van der Waals surface area contributed by atoms with Crippen molar-refractivity contribution in [2.75, 3.05) is 19.6 Å². The molecular weight excluding hydrogens is 328 g/mol. The highest BCUT2D eigenvalue weighted by atomic mass is 16.2. The Hall–Kier alpha value is -2.47. The van der Waals surface area contributed by atoms with E-state index in [1.807, 2.05) is 36.1 Å². The van der Waals surface area contributed by atoms with Gasteiger partial charge >= 0.3 is 5.69 Å². The number of rotatable bonds is 3. The molecule has 1 amide bonds. The van der Waals surface area contributed by atoms with Crippen molar-refractivity contribution < 1.29 is 4.79 Å². The summed E-state index contributed by atoms with van der Waals surface area (Å²) in [7, 11) is 0. The molecule has 0 aliphatic carbocycles. The van der Waals surface area contributed by atoms with Crippen molar-refractivity contribution in [3.8, 4) is 0 Å². The first-order chi connectivity index (χ1) is 12.5. The molecule has 3 atom stereocenters. The lowest BCUT2D eigenvalue weighted by atomic mass is 9.89. The summed E-state index contributed by atoms with van der Waals surface area (Å²) in [5.74, 6) is 0.887. The highest BCUT2D eigenvalue weighted by Crippen LogP contribution is 2.42. The third-order valence-electron chi connectivity index (χ3n) is 5.67.